The summed E-state index contributed by atoms with van der Waals surface area (Å²) in [6, 6.07) is 0. The molecule has 4 amide bonds. The van der Waals surface area contributed by atoms with Crippen LogP contribution in [-0.4, -0.2) is 126 Å². The van der Waals surface area contributed by atoms with Gasteiger partial charge < -0.3 is 69.9 Å². The van der Waals surface area contributed by atoms with Gasteiger partial charge in [0.1, 0.15) is 5.54 Å². The standard InChI is InChI=1S/C26H53N13O7/c1-18(2)22(43)39-26(15-44-12-3-19(40)33-6-9-36-23(27)28,16-45-13-4-20(41)34-7-10-37-24(29)30)17-46-14-5-21(42)35-8-11-38-25(31)32/h18H,3-17H2,1-2H3,(H,33,40)(H,34,41)(H,35,42)(H,39,43)(H4,27,28,36)(H4,29,30,37)(H4,31,32,38). The van der Waals surface area contributed by atoms with Crippen molar-refractivity contribution < 1.29 is 33.4 Å². The number of hydrogen-bond acceptors (Lipinski definition) is 10. The number of aliphatic imine (C=N–C) groups is 3. The molecule has 0 aliphatic carbocycles. The van der Waals surface area contributed by atoms with Gasteiger partial charge in [-0.15, -0.1) is 0 Å². The SMILES string of the molecule is CC(C)C(=O)NC(COCCC(=O)NCCN=C(N)N)(COCCC(=O)NCCN=C(N)N)COCCC(=O)NCCN=C(N)N. The summed E-state index contributed by atoms with van der Waals surface area (Å²) >= 11 is 0. The van der Waals surface area contributed by atoms with Crippen LogP contribution >= 0.6 is 0 Å². The second kappa shape index (κ2) is 24.8. The van der Waals surface area contributed by atoms with Gasteiger partial charge in [0.05, 0.1) is 59.3 Å². The highest BCUT2D eigenvalue weighted by Gasteiger charge is 2.34. The largest absolute Gasteiger partial charge is 0.378 e. The van der Waals surface area contributed by atoms with Gasteiger partial charge in [0, 0.05) is 44.8 Å². The molecular weight excluding hydrogens is 606 g/mol. The molecule has 0 radical (unpaired) electrons. The highest BCUT2D eigenvalue weighted by molar-refractivity contribution is 5.79. The zero-order valence-electron chi connectivity index (χ0n) is 26.8. The van der Waals surface area contributed by atoms with Crippen LogP contribution in [0.1, 0.15) is 33.1 Å². The van der Waals surface area contributed by atoms with Crippen LogP contribution in [0.5, 0.6) is 0 Å². The number of guanidine groups is 3. The lowest BCUT2D eigenvalue weighted by molar-refractivity contribution is -0.132. The van der Waals surface area contributed by atoms with E-state index in [0.717, 1.165) is 0 Å². The first-order valence-electron chi connectivity index (χ1n) is 14.8. The van der Waals surface area contributed by atoms with Gasteiger partial charge >= 0.3 is 0 Å². The Kier molecular flexibility index (Phi) is 22.4. The zero-order chi connectivity index (χ0) is 34.8. The fourth-order valence-electron chi connectivity index (χ4n) is 3.34. The third kappa shape index (κ3) is 24.0. The van der Waals surface area contributed by atoms with Crippen LogP contribution in [0.2, 0.25) is 0 Å². The first-order valence-corrected chi connectivity index (χ1v) is 14.8. The lowest BCUT2D eigenvalue weighted by Crippen LogP contribution is -2.59. The normalized spacial score (nSPS) is 10.8. The molecule has 0 fully saturated rings. The topological polar surface area (TPSA) is 337 Å². The maximum Gasteiger partial charge on any atom is 0.223 e. The van der Waals surface area contributed by atoms with Crippen LogP contribution in [-0.2, 0) is 33.4 Å². The van der Waals surface area contributed by atoms with Gasteiger partial charge in [0.2, 0.25) is 23.6 Å². The van der Waals surface area contributed by atoms with Crippen LogP contribution in [0, 0.1) is 5.92 Å². The average Bonchev–Trinajstić information content (AvgIpc) is 2.98. The molecule has 20 nitrogen and oxygen atoms in total. The van der Waals surface area contributed by atoms with E-state index in [-0.39, 0.29) is 146 Å². The third-order valence-electron chi connectivity index (χ3n) is 5.65. The van der Waals surface area contributed by atoms with E-state index in [2.05, 4.69) is 36.2 Å². The Morgan fingerprint density at radius 3 is 1.15 bits per heavy atom. The smallest absolute Gasteiger partial charge is 0.223 e. The van der Waals surface area contributed by atoms with Gasteiger partial charge in [0.25, 0.3) is 0 Å². The summed E-state index contributed by atoms with van der Waals surface area (Å²) < 4.78 is 17.4. The summed E-state index contributed by atoms with van der Waals surface area (Å²) in [6.07, 6.45) is 0.0768. The molecule has 0 unspecified atom stereocenters. The Labute approximate surface area is 269 Å². The van der Waals surface area contributed by atoms with Gasteiger partial charge in [-0.25, -0.2) is 0 Å². The van der Waals surface area contributed by atoms with Gasteiger partial charge in [-0.3, -0.25) is 34.2 Å². The molecule has 264 valence electrons. The quantitative estimate of drug-likeness (QED) is 0.0236. The molecule has 0 aromatic carbocycles. The molecule has 0 spiro atoms. The molecule has 0 aromatic heterocycles. The van der Waals surface area contributed by atoms with Crippen molar-refractivity contribution in [1.29, 1.82) is 0 Å². The van der Waals surface area contributed by atoms with Crippen LogP contribution in [0.25, 0.3) is 0 Å². The summed E-state index contributed by atoms with van der Waals surface area (Å²) in [5.74, 6) is -1.77. The molecule has 46 heavy (non-hydrogen) atoms. The van der Waals surface area contributed by atoms with Gasteiger partial charge in [-0.1, -0.05) is 13.8 Å². The number of hydrogen-bond donors (Lipinski definition) is 10. The van der Waals surface area contributed by atoms with E-state index in [9.17, 15) is 19.2 Å². The minimum atomic E-state index is -1.21. The lowest BCUT2D eigenvalue weighted by Gasteiger charge is -2.35. The molecule has 0 heterocycles. The van der Waals surface area contributed by atoms with Crippen molar-refractivity contribution in [3.63, 3.8) is 0 Å². The molecule has 0 saturated heterocycles. The first kappa shape index (κ1) is 41.6. The summed E-state index contributed by atoms with van der Waals surface area (Å²) in [5.41, 5.74) is 30.4. The molecule has 0 aromatic rings. The van der Waals surface area contributed by atoms with E-state index in [0.29, 0.717) is 0 Å². The Bertz CT molecular complexity index is 903. The van der Waals surface area contributed by atoms with Crippen LogP contribution in [0.3, 0.4) is 0 Å². The van der Waals surface area contributed by atoms with E-state index in [1.54, 1.807) is 13.8 Å². The predicted molar refractivity (Wildman–Crippen MR) is 173 cm³/mol. The number of nitrogens with two attached hydrogens (primary N) is 6. The second-order valence-corrected chi connectivity index (χ2v) is 10.3. The first-order chi connectivity index (χ1) is 21.8. The molecular formula is C26H53N13O7. The molecule has 20 heteroatoms. The van der Waals surface area contributed by atoms with Crippen LogP contribution in [0.15, 0.2) is 15.0 Å². The molecule has 0 saturated carbocycles. The van der Waals surface area contributed by atoms with Crippen molar-refractivity contribution in [1.82, 2.24) is 21.3 Å². The minimum absolute atomic E-state index is 0.0177. The van der Waals surface area contributed by atoms with E-state index < -0.39 is 5.54 Å². The van der Waals surface area contributed by atoms with Crippen LogP contribution in [0.4, 0.5) is 0 Å². The minimum Gasteiger partial charge on any atom is -0.378 e. The van der Waals surface area contributed by atoms with Crippen molar-refractivity contribution in [3.05, 3.63) is 0 Å². The fourth-order valence-corrected chi connectivity index (χ4v) is 3.34. The molecule has 0 bridgehead atoms. The monoisotopic (exact) mass is 659 g/mol. The third-order valence-corrected chi connectivity index (χ3v) is 5.65. The highest BCUT2D eigenvalue weighted by atomic mass is 16.5. The van der Waals surface area contributed by atoms with Crippen molar-refractivity contribution in [2.75, 3.05) is 78.9 Å². The van der Waals surface area contributed by atoms with Crippen LogP contribution < -0.4 is 55.7 Å². The molecule has 0 aliphatic rings. The Morgan fingerprint density at radius 2 is 0.891 bits per heavy atom. The second-order valence-electron chi connectivity index (χ2n) is 10.3. The summed E-state index contributed by atoms with van der Waals surface area (Å²) in [4.78, 5) is 60.6. The van der Waals surface area contributed by atoms with Crippen molar-refractivity contribution in [3.8, 4) is 0 Å². The molecule has 16 N–H and O–H groups in total. The van der Waals surface area contributed by atoms with Gasteiger partial charge in [-0.2, -0.15) is 0 Å². The summed E-state index contributed by atoms with van der Waals surface area (Å²) in [6.45, 7) is 4.64. The number of carbonyl (C=O) groups excluding carboxylic acids is 4. The van der Waals surface area contributed by atoms with E-state index >= 15 is 0 Å². The predicted octanol–water partition coefficient (Wildman–Crippen LogP) is -5.11. The molecule has 0 atom stereocenters. The van der Waals surface area contributed by atoms with Gasteiger partial charge in [-0.05, 0) is 0 Å². The van der Waals surface area contributed by atoms with Crippen molar-refractivity contribution in [2.45, 2.75) is 38.6 Å². The van der Waals surface area contributed by atoms with Gasteiger partial charge in [0.15, 0.2) is 17.9 Å². The average molecular weight is 660 g/mol. The highest BCUT2D eigenvalue weighted by Crippen LogP contribution is 2.12. The number of amides is 4. The Morgan fingerprint density at radius 1 is 0.587 bits per heavy atom. The number of carbonyl (C=O) groups is 4. The number of rotatable bonds is 26. The molecule has 0 rings (SSSR count). The Balaban J connectivity index is 5.27. The van der Waals surface area contributed by atoms with Crippen molar-refractivity contribution >= 4 is 41.5 Å². The summed E-state index contributed by atoms with van der Waals surface area (Å²) in [5, 5.41) is 10.9. The van der Waals surface area contributed by atoms with Crippen molar-refractivity contribution in [2.24, 2.45) is 55.3 Å². The zero-order valence-corrected chi connectivity index (χ0v) is 26.8. The van der Waals surface area contributed by atoms with E-state index in [1.165, 1.54) is 0 Å². The molecule has 0 aliphatic heterocycles. The summed E-state index contributed by atoms with van der Waals surface area (Å²) in [7, 11) is 0. The van der Waals surface area contributed by atoms with E-state index in [4.69, 9.17) is 48.6 Å². The Hall–Kier alpha value is -4.43. The number of nitrogens with one attached hydrogen (secondary N) is 4. The number of nitrogens with zero attached hydrogens (tertiary/aromatic N) is 3. The fraction of sp³-hybridized carbons (Fsp3) is 0.731. The maximum absolute atomic E-state index is 12.8. The maximum atomic E-state index is 12.8. The van der Waals surface area contributed by atoms with E-state index in [1.807, 2.05) is 0 Å². The lowest BCUT2D eigenvalue weighted by atomic mass is 10.0. The number of ether oxygens (including phenoxy) is 3.